The van der Waals surface area contributed by atoms with E-state index < -0.39 is 5.60 Å². The van der Waals surface area contributed by atoms with Crippen molar-refractivity contribution in [1.82, 2.24) is 0 Å². The third-order valence-electron chi connectivity index (χ3n) is 7.22. The Bertz CT molecular complexity index is 610. The highest BCUT2D eigenvalue weighted by atomic mass is 32.2. The van der Waals surface area contributed by atoms with Crippen molar-refractivity contribution in [1.29, 1.82) is 0 Å². The van der Waals surface area contributed by atoms with Crippen molar-refractivity contribution in [3.63, 3.8) is 0 Å². The first-order valence-corrected chi connectivity index (χ1v) is 10.7. The number of hydrogen-bond acceptors (Lipinski definition) is 3. The fourth-order valence-electron chi connectivity index (χ4n) is 5.87. The lowest BCUT2D eigenvalue weighted by molar-refractivity contribution is -0.158. The van der Waals surface area contributed by atoms with Crippen LogP contribution in [0.25, 0.3) is 0 Å². The third kappa shape index (κ3) is 3.60. The van der Waals surface area contributed by atoms with Gasteiger partial charge in [0, 0.05) is 16.6 Å². The second kappa shape index (κ2) is 6.81. The van der Waals surface area contributed by atoms with Gasteiger partial charge in [0.1, 0.15) is 5.75 Å². The zero-order chi connectivity index (χ0) is 18.3. The first-order chi connectivity index (χ1) is 11.7. The van der Waals surface area contributed by atoms with E-state index in [1.807, 2.05) is 17.8 Å². The first-order valence-electron chi connectivity index (χ1n) is 9.68. The summed E-state index contributed by atoms with van der Waals surface area (Å²) in [6.07, 6.45) is 5.96. The molecule has 4 atom stereocenters. The molecule has 2 aliphatic carbocycles. The molecule has 0 saturated heterocycles. The van der Waals surface area contributed by atoms with E-state index in [1.54, 1.807) is 7.11 Å². The largest absolute Gasteiger partial charge is 0.497 e. The van der Waals surface area contributed by atoms with Crippen LogP contribution in [-0.4, -0.2) is 23.6 Å². The Labute approximate surface area is 157 Å². The molecule has 0 aromatic heterocycles. The zero-order valence-corrected chi connectivity index (χ0v) is 17.3. The number of hydrogen-bond donors (Lipinski definition) is 1. The number of fused-ring (bicyclic) bond motifs is 1. The van der Waals surface area contributed by atoms with Crippen molar-refractivity contribution in [2.75, 3.05) is 12.9 Å². The Hall–Kier alpha value is -0.670. The second-order valence-corrected chi connectivity index (χ2v) is 10.4. The molecule has 0 bridgehead atoms. The molecule has 0 radical (unpaired) electrons. The number of ether oxygens (including phenoxy) is 1. The van der Waals surface area contributed by atoms with Crippen molar-refractivity contribution < 1.29 is 9.84 Å². The van der Waals surface area contributed by atoms with E-state index in [4.69, 9.17) is 4.74 Å². The third-order valence-corrected chi connectivity index (χ3v) is 8.31. The highest BCUT2D eigenvalue weighted by Crippen LogP contribution is 2.62. The Morgan fingerprint density at radius 1 is 1.16 bits per heavy atom. The van der Waals surface area contributed by atoms with Gasteiger partial charge in [-0.05, 0) is 67.6 Å². The van der Waals surface area contributed by atoms with Crippen molar-refractivity contribution in [2.24, 2.45) is 22.7 Å². The quantitative estimate of drug-likeness (QED) is 0.688. The van der Waals surface area contributed by atoms with Gasteiger partial charge in [0.2, 0.25) is 0 Å². The fraction of sp³-hybridized carbons (Fsp3) is 0.727. The smallest absolute Gasteiger partial charge is 0.119 e. The molecule has 0 unspecified atom stereocenters. The van der Waals surface area contributed by atoms with Crippen LogP contribution in [0.3, 0.4) is 0 Å². The van der Waals surface area contributed by atoms with Crippen LogP contribution >= 0.6 is 11.8 Å². The standard InChI is InChI=1S/C22H34O2S/c1-20(2)11-7-12-21(3)18(20)10-13-22(4,23)19(21)15-25-17-9-6-8-16(14-17)24-5/h6,8-9,14,18-19,23H,7,10-13,15H2,1-5H3/t18-,19+,21-,22+/m0/s1. The molecule has 2 aliphatic rings. The SMILES string of the molecule is COc1cccc(SC[C@@H]2[C@@]3(C)CCCC(C)(C)[C@@H]3CC[C@@]2(C)O)c1. The maximum absolute atomic E-state index is 11.2. The van der Waals surface area contributed by atoms with Gasteiger partial charge >= 0.3 is 0 Å². The number of rotatable bonds is 4. The van der Waals surface area contributed by atoms with Crippen LogP contribution < -0.4 is 4.74 Å². The van der Waals surface area contributed by atoms with Gasteiger partial charge < -0.3 is 9.84 Å². The maximum Gasteiger partial charge on any atom is 0.119 e. The first kappa shape index (κ1) is 19.1. The molecule has 0 heterocycles. The highest BCUT2D eigenvalue weighted by molar-refractivity contribution is 7.99. The fourth-order valence-corrected chi connectivity index (χ4v) is 7.34. The van der Waals surface area contributed by atoms with Gasteiger partial charge in [0.15, 0.2) is 0 Å². The summed E-state index contributed by atoms with van der Waals surface area (Å²) in [5.41, 5.74) is 0.0578. The van der Waals surface area contributed by atoms with Gasteiger partial charge in [-0.15, -0.1) is 11.8 Å². The van der Waals surface area contributed by atoms with E-state index >= 15 is 0 Å². The molecule has 25 heavy (non-hydrogen) atoms. The van der Waals surface area contributed by atoms with Crippen LogP contribution in [0.1, 0.15) is 59.8 Å². The number of thioether (sulfide) groups is 1. The minimum Gasteiger partial charge on any atom is -0.497 e. The topological polar surface area (TPSA) is 29.5 Å². The lowest BCUT2D eigenvalue weighted by atomic mass is 9.46. The van der Waals surface area contributed by atoms with Crippen LogP contribution in [-0.2, 0) is 0 Å². The molecule has 0 amide bonds. The van der Waals surface area contributed by atoms with Crippen molar-refractivity contribution >= 4 is 11.8 Å². The maximum atomic E-state index is 11.2. The molecule has 140 valence electrons. The van der Waals surface area contributed by atoms with E-state index in [0.29, 0.717) is 17.3 Å². The predicted molar refractivity (Wildman–Crippen MR) is 106 cm³/mol. The van der Waals surface area contributed by atoms with Gasteiger partial charge in [-0.3, -0.25) is 0 Å². The summed E-state index contributed by atoms with van der Waals surface area (Å²) in [6, 6.07) is 8.29. The van der Waals surface area contributed by atoms with Crippen molar-refractivity contribution in [3.05, 3.63) is 24.3 Å². The van der Waals surface area contributed by atoms with Crippen molar-refractivity contribution in [2.45, 2.75) is 70.3 Å². The lowest BCUT2D eigenvalue weighted by Gasteiger charge is -2.61. The molecule has 1 N–H and O–H groups in total. The summed E-state index contributed by atoms with van der Waals surface area (Å²) in [5.74, 6) is 2.92. The van der Waals surface area contributed by atoms with Gasteiger partial charge in [-0.25, -0.2) is 0 Å². The molecule has 2 fully saturated rings. The molecule has 3 rings (SSSR count). The number of methoxy groups -OCH3 is 1. The summed E-state index contributed by atoms with van der Waals surface area (Å²) in [5, 5.41) is 11.2. The molecule has 1 aromatic carbocycles. The van der Waals surface area contributed by atoms with E-state index in [9.17, 15) is 5.11 Å². The summed E-state index contributed by atoms with van der Waals surface area (Å²) in [4.78, 5) is 1.23. The molecule has 0 aliphatic heterocycles. The van der Waals surface area contributed by atoms with E-state index in [-0.39, 0.29) is 5.41 Å². The van der Waals surface area contributed by atoms with Crippen molar-refractivity contribution in [3.8, 4) is 5.75 Å². The van der Waals surface area contributed by atoms with Gasteiger partial charge in [0.25, 0.3) is 0 Å². The second-order valence-electron chi connectivity index (χ2n) is 9.34. The molecule has 3 heteroatoms. The zero-order valence-electron chi connectivity index (χ0n) is 16.5. The molecular weight excluding hydrogens is 328 g/mol. The van der Waals surface area contributed by atoms with Gasteiger partial charge in [-0.1, -0.05) is 33.3 Å². The Morgan fingerprint density at radius 2 is 1.92 bits per heavy atom. The Balaban J connectivity index is 1.83. The van der Waals surface area contributed by atoms with E-state index in [1.165, 1.54) is 24.2 Å². The summed E-state index contributed by atoms with van der Waals surface area (Å²) in [7, 11) is 1.71. The number of benzene rings is 1. The summed E-state index contributed by atoms with van der Waals surface area (Å²) >= 11 is 1.87. The average Bonchev–Trinajstić information content (AvgIpc) is 2.53. The minimum absolute atomic E-state index is 0.232. The summed E-state index contributed by atoms with van der Waals surface area (Å²) in [6.45, 7) is 9.43. The van der Waals surface area contributed by atoms with Crippen LogP contribution in [0, 0.1) is 22.7 Å². The molecule has 0 spiro atoms. The molecule has 2 saturated carbocycles. The van der Waals surface area contributed by atoms with E-state index in [2.05, 4.69) is 45.9 Å². The normalized spacial score (nSPS) is 37.4. The monoisotopic (exact) mass is 362 g/mol. The number of aliphatic hydroxyl groups is 1. The van der Waals surface area contributed by atoms with Crippen LogP contribution in [0.15, 0.2) is 29.2 Å². The van der Waals surface area contributed by atoms with E-state index in [0.717, 1.165) is 24.3 Å². The van der Waals surface area contributed by atoms with Gasteiger partial charge in [0.05, 0.1) is 12.7 Å². The molecule has 1 aromatic rings. The van der Waals surface area contributed by atoms with Gasteiger partial charge in [-0.2, -0.15) is 0 Å². The van der Waals surface area contributed by atoms with Crippen LogP contribution in [0.5, 0.6) is 5.75 Å². The average molecular weight is 363 g/mol. The minimum atomic E-state index is -0.565. The lowest BCUT2D eigenvalue weighted by Crippen LogP contribution is -2.58. The molecular formula is C22H34O2S. The predicted octanol–water partition coefficient (Wildman–Crippen LogP) is 5.78. The van der Waals surface area contributed by atoms with Crippen LogP contribution in [0.4, 0.5) is 0 Å². The molecule has 2 nitrogen and oxygen atoms in total. The van der Waals surface area contributed by atoms with Crippen LogP contribution in [0.2, 0.25) is 0 Å². The summed E-state index contributed by atoms with van der Waals surface area (Å²) < 4.78 is 5.36. The Morgan fingerprint density at radius 3 is 2.64 bits per heavy atom. The highest BCUT2D eigenvalue weighted by Gasteiger charge is 2.57. The Kier molecular flexibility index (Phi) is 5.20.